The summed E-state index contributed by atoms with van der Waals surface area (Å²) in [5, 5.41) is 3.92. The lowest BCUT2D eigenvalue weighted by Crippen LogP contribution is -2.26. The van der Waals surface area contributed by atoms with Crippen molar-refractivity contribution in [3.63, 3.8) is 0 Å². The van der Waals surface area contributed by atoms with Gasteiger partial charge in [0.25, 0.3) is 5.91 Å². The van der Waals surface area contributed by atoms with Crippen LogP contribution in [0.2, 0.25) is 0 Å². The molecule has 3 nitrogen and oxygen atoms in total. The summed E-state index contributed by atoms with van der Waals surface area (Å²) < 4.78 is 5.59. The number of carbonyl (C=O) groups excluding carboxylic acids is 1. The second-order valence-corrected chi connectivity index (χ2v) is 5.44. The van der Waals surface area contributed by atoms with E-state index in [1.54, 1.807) is 6.07 Å². The fourth-order valence-corrected chi connectivity index (χ4v) is 2.49. The fourth-order valence-electron chi connectivity index (χ4n) is 2.49. The fraction of sp³-hybridized carbons (Fsp3) is 0.211. The largest absolute Gasteiger partial charge is 0.451 e. The summed E-state index contributed by atoms with van der Waals surface area (Å²) in [6.45, 7) is 4.10. The molecule has 0 bridgehead atoms. The summed E-state index contributed by atoms with van der Waals surface area (Å²) >= 11 is 0. The molecule has 3 aromatic rings. The predicted octanol–water partition coefficient (Wildman–Crippen LogP) is 4.49. The Balaban J connectivity index is 1.74. The molecule has 1 N–H and O–H groups in total. The van der Waals surface area contributed by atoms with Crippen LogP contribution in [0.15, 0.2) is 59.0 Å². The van der Waals surface area contributed by atoms with Crippen LogP contribution in [0.4, 0.5) is 0 Å². The lowest BCUT2D eigenvalue weighted by Gasteiger charge is -2.13. The number of hydrogen-bond donors (Lipinski definition) is 1. The maximum Gasteiger partial charge on any atom is 0.287 e. The number of furan rings is 1. The molecule has 0 spiro atoms. The highest BCUT2D eigenvalue weighted by Gasteiger charge is 2.15. The number of benzene rings is 2. The standard InChI is InChI=1S/C19H19NO2/c1-3-14-8-10-15(11-9-14)13(2)20-19(21)18-12-16-6-4-5-7-17(16)22-18/h4-13H,3H2,1-2H3,(H,20,21)/t13-/m0/s1. The Kier molecular flexibility index (Phi) is 3.96. The zero-order valence-corrected chi connectivity index (χ0v) is 12.8. The molecule has 0 saturated carbocycles. The van der Waals surface area contributed by atoms with Gasteiger partial charge in [-0.1, -0.05) is 49.4 Å². The van der Waals surface area contributed by atoms with E-state index in [1.807, 2.05) is 31.2 Å². The summed E-state index contributed by atoms with van der Waals surface area (Å²) in [6.07, 6.45) is 1.01. The molecule has 0 saturated heterocycles. The van der Waals surface area contributed by atoms with E-state index < -0.39 is 0 Å². The number of amides is 1. The molecule has 22 heavy (non-hydrogen) atoms. The van der Waals surface area contributed by atoms with Crippen molar-refractivity contribution in [3.8, 4) is 0 Å². The van der Waals surface area contributed by atoms with E-state index in [1.165, 1.54) is 5.56 Å². The topological polar surface area (TPSA) is 42.2 Å². The van der Waals surface area contributed by atoms with Crippen molar-refractivity contribution in [3.05, 3.63) is 71.5 Å². The monoisotopic (exact) mass is 293 g/mol. The van der Waals surface area contributed by atoms with E-state index in [0.29, 0.717) is 5.76 Å². The highest BCUT2D eigenvalue weighted by atomic mass is 16.3. The number of carbonyl (C=O) groups is 1. The van der Waals surface area contributed by atoms with Gasteiger partial charge in [-0.2, -0.15) is 0 Å². The van der Waals surface area contributed by atoms with E-state index in [4.69, 9.17) is 4.42 Å². The molecule has 3 rings (SSSR count). The summed E-state index contributed by atoms with van der Waals surface area (Å²) in [5.41, 5.74) is 3.11. The van der Waals surface area contributed by atoms with Gasteiger partial charge >= 0.3 is 0 Å². The third kappa shape index (κ3) is 2.89. The summed E-state index contributed by atoms with van der Waals surface area (Å²) in [6, 6.07) is 17.6. The van der Waals surface area contributed by atoms with Crippen LogP contribution in [0, 0.1) is 0 Å². The quantitative estimate of drug-likeness (QED) is 0.770. The van der Waals surface area contributed by atoms with Gasteiger partial charge in [0, 0.05) is 5.39 Å². The van der Waals surface area contributed by atoms with Gasteiger partial charge in [-0.05, 0) is 36.6 Å². The van der Waals surface area contributed by atoms with Crippen LogP contribution in [0.3, 0.4) is 0 Å². The molecule has 3 heteroatoms. The minimum atomic E-state index is -0.191. The first kappa shape index (κ1) is 14.4. The highest BCUT2D eigenvalue weighted by Crippen LogP contribution is 2.20. The number of aryl methyl sites for hydroxylation is 1. The molecule has 0 aliphatic heterocycles. The van der Waals surface area contributed by atoms with Crippen LogP contribution in [-0.2, 0) is 6.42 Å². The number of fused-ring (bicyclic) bond motifs is 1. The Hall–Kier alpha value is -2.55. The Labute approximate surface area is 130 Å². The number of nitrogens with one attached hydrogen (secondary N) is 1. The molecule has 0 unspecified atom stereocenters. The Morgan fingerprint density at radius 3 is 2.55 bits per heavy atom. The maximum absolute atomic E-state index is 12.3. The van der Waals surface area contributed by atoms with Crippen LogP contribution in [0.25, 0.3) is 11.0 Å². The lowest BCUT2D eigenvalue weighted by molar-refractivity contribution is 0.0914. The smallest absolute Gasteiger partial charge is 0.287 e. The van der Waals surface area contributed by atoms with Gasteiger partial charge in [-0.25, -0.2) is 0 Å². The van der Waals surface area contributed by atoms with E-state index in [2.05, 4.69) is 36.5 Å². The Morgan fingerprint density at radius 2 is 1.86 bits per heavy atom. The van der Waals surface area contributed by atoms with Crippen LogP contribution in [0.5, 0.6) is 0 Å². The Morgan fingerprint density at radius 1 is 1.14 bits per heavy atom. The van der Waals surface area contributed by atoms with Crippen molar-refractivity contribution >= 4 is 16.9 Å². The highest BCUT2D eigenvalue weighted by molar-refractivity contribution is 5.96. The molecule has 2 aromatic carbocycles. The van der Waals surface area contributed by atoms with Gasteiger partial charge < -0.3 is 9.73 Å². The second kappa shape index (κ2) is 6.06. The first-order valence-electron chi connectivity index (χ1n) is 7.55. The van der Waals surface area contributed by atoms with E-state index in [9.17, 15) is 4.79 Å². The average Bonchev–Trinajstić information content (AvgIpc) is 2.99. The zero-order valence-electron chi connectivity index (χ0n) is 12.8. The van der Waals surface area contributed by atoms with Crippen LogP contribution < -0.4 is 5.32 Å². The lowest BCUT2D eigenvalue weighted by atomic mass is 10.0. The van der Waals surface area contributed by atoms with E-state index >= 15 is 0 Å². The second-order valence-electron chi connectivity index (χ2n) is 5.44. The molecular weight excluding hydrogens is 274 g/mol. The molecule has 1 heterocycles. The molecule has 0 aliphatic carbocycles. The molecular formula is C19H19NO2. The summed E-state index contributed by atoms with van der Waals surface area (Å²) in [7, 11) is 0. The van der Waals surface area contributed by atoms with Crippen molar-refractivity contribution in [2.75, 3.05) is 0 Å². The van der Waals surface area contributed by atoms with Gasteiger partial charge in [-0.3, -0.25) is 4.79 Å². The van der Waals surface area contributed by atoms with E-state index in [-0.39, 0.29) is 11.9 Å². The first-order chi connectivity index (χ1) is 10.7. The summed E-state index contributed by atoms with van der Waals surface area (Å²) in [4.78, 5) is 12.3. The van der Waals surface area contributed by atoms with Gasteiger partial charge in [0.15, 0.2) is 5.76 Å². The van der Waals surface area contributed by atoms with Gasteiger partial charge in [0.1, 0.15) is 5.58 Å². The first-order valence-corrected chi connectivity index (χ1v) is 7.55. The number of rotatable bonds is 4. The molecule has 0 fully saturated rings. The summed E-state index contributed by atoms with van der Waals surface area (Å²) in [5.74, 6) is 0.154. The molecule has 0 aliphatic rings. The molecule has 1 aromatic heterocycles. The van der Waals surface area contributed by atoms with Gasteiger partial charge in [-0.15, -0.1) is 0 Å². The Bertz CT molecular complexity index is 754. The number of para-hydroxylation sites is 1. The molecule has 0 radical (unpaired) electrons. The molecule has 1 amide bonds. The third-order valence-electron chi connectivity index (χ3n) is 3.88. The van der Waals surface area contributed by atoms with Crippen molar-refractivity contribution in [1.29, 1.82) is 0 Å². The zero-order chi connectivity index (χ0) is 15.5. The van der Waals surface area contributed by atoms with Crippen LogP contribution in [0.1, 0.15) is 41.6 Å². The normalized spacial score (nSPS) is 12.3. The molecule has 1 atom stereocenters. The minimum absolute atomic E-state index is 0.0633. The van der Waals surface area contributed by atoms with Crippen LogP contribution in [-0.4, -0.2) is 5.91 Å². The van der Waals surface area contributed by atoms with Gasteiger partial charge in [0.05, 0.1) is 6.04 Å². The van der Waals surface area contributed by atoms with Crippen molar-refractivity contribution in [1.82, 2.24) is 5.32 Å². The minimum Gasteiger partial charge on any atom is -0.451 e. The molecule has 112 valence electrons. The predicted molar refractivity (Wildman–Crippen MR) is 87.9 cm³/mol. The van der Waals surface area contributed by atoms with E-state index in [0.717, 1.165) is 23.0 Å². The van der Waals surface area contributed by atoms with Crippen molar-refractivity contribution in [2.24, 2.45) is 0 Å². The SMILES string of the molecule is CCc1ccc([C@H](C)NC(=O)c2cc3ccccc3o2)cc1. The van der Waals surface area contributed by atoms with Crippen molar-refractivity contribution in [2.45, 2.75) is 26.3 Å². The number of hydrogen-bond acceptors (Lipinski definition) is 2. The van der Waals surface area contributed by atoms with Crippen molar-refractivity contribution < 1.29 is 9.21 Å². The maximum atomic E-state index is 12.3. The van der Waals surface area contributed by atoms with Gasteiger partial charge in [0.2, 0.25) is 0 Å². The third-order valence-corrected chi connectivity index (χ3v) is 3.88. The average molecular weight is 293 g/mol. The van der Waals surface area contributed by atoms with Crippen LogP contribution >= 0.6 is 0 Å².